The maximum atomic E-state index is 12.9. The molecule has 1 aromatic heterocycles. The standard InChI is InChI=1S/C20H22N2O5S2/c1-25-15-4-3-5-17(12-15)29(23,24)22-10-8-14(9-11-22)27-20-21-18-13-16(26-2)6-7-19(18)28-20/h3-7,12-14H,8-11H2,1-2H3. The highest BCUT2D eigenvalue weighted by Gasteiger charge is 2.30. The van der Waals surface area contributed by atoms with Gasteiger partial charge in [-0.15, -0.1) is 0 Å². The average Bonchev–Trinajstić information content (AvgIpc) is 3.15. The van der Waals surface area contributed by atoms with E-state index >= 15 is 0 Å². The van der Waals surface area contributed by atoms with Crippen molar-refractivity contribution in [3.8, 4) is 16.7 Å². The second kappa shape index (κ2) is 8.17. The predicted octanol–water partition coefficient (Wildman–Crippen LogP) is 3.55. The van der Waals surface area contributed by atoms with Gasteiger partial charge in [0.15, 0.2) is 0 Å². The zero-order chi connectivity index (χ0) is 20.4. The summed E-state index contributed by atoms with van der Waals surface area (Å²) in [4.78, 5) is 4.77. The molecule has 4 rings (SSSR count). The molecule has 0 N–H and O–H groups in total. The molecular formula is C20H22N2O5S2. The quantitative estimate of drug-likeness (QED) is 0.591. The van der Waals surface area contributed by atoms with Gasteiger partial charge >= 0.3 is 0 Å². The minimum atomic E-state index is -3.55. The fraction of sp³-hybridized carbons (Fsp3) is 0.350. The third kappa shape index (κ3) is 4.17. The Morgan fingerprint density at radius 2 is 1.76 bits per heavy atom. The molecule has 0 spiro atoms. The maximum Gasteiger partial charge on any atom is 0.274 e. The Labute approximate surface area is 173 Å². The van der Waals surface area contributed by atoms with E-state index in [0.717, 1.165) is 16.0 Å². The van der Waals surface area contributed by atoms with Gasteiger partial charge in [-0.2, -0.15) is 4.31 Å². The second-order valence-corrected chi connectivity index (χ2v) is 9.64. The van der Waals surface area contributed by atoms with Crippen molar-refractivity contribution >= 4 is 31.6 Å². The zero-order valence-electron chi connectivity index (χ0n) is 16.2. The lowest BCUT2D eigenvalue weighted by Gasteiger charge is -2.30. The van der Waals surface area contributed by atoms with Crippen molar-refractivity contribution in [3.05, 3.63) is 42.5 Å². The highest BCUT2D eigenvalue weighted by molar-refractivity contribution is 7.89. The molecule has 0 saturated carbocycles. The minimum Gasteiger partial charge on any atom is -0.497 e. The molecule has 0 atom stereocenters. The van der Waals surface area contributed by atoms with E-state index in [9.17, 15) is 8.42 Å². The topological polar surface area (TPSA) is 78.0 Å². The Bertz CT molecular complexity index is 1110. The third-order valence-electron chi connectivity index (χ3n) is 4.92. The number of nitrogens with zero attached hydrogens (tertiary/aromatic N) is 2. The number of benzene rings is 2. The first kappa shape index (κ1) is 19.9. The van der Waals surface area contributed by atoms with Crippen molar-refractivity contribution in [2.24, 2.45) is 0 Å². The molecular weight excluding hydrogens is 412 g/mol. The van der Waals surface area contributed by atoms with Gasteiger partial charge in [-0.3, -0.25) is 0 Å². The Kier molecular flexibility index (Phi) is 5.62. The molecule has 1 fully saturated rings. The molecule has 1 saturated heterocycles. The molecule has 9 heteroatoms. The van der Waals surface area contributed by atoms with E-state index in [-0.39, 0.29) is 11.0 Å². The Hall–Kier alpha value is -2.36. The number of hydrogen-bond donors (Lipinski definition) is 0. The molecule has 1 aliphatic heterocycles. The molecule has 0 unspecified atom stereocenters. The van der Waals surface area contributed by atoms with Gasteiger partial charge < -0.3 is 14.2 Å². The second-order valence-electron chi connectivity index (χ2n) is 6.71. The van der Waals surface area contributed by atoms with Gasteiger partial charge in [-0.05, 0) is 37.1 Å². The largest absolute Gasteiger partial charge is 0.497 e. The van der Waals surface area contributed by atoms with Crippen LogP contribution in [0.2, 0.25) is 0 Å². The number of sulfonamides is 1. The first-order valence-electron chi connectivity index (χ1n) is 9.25. The molecule has 2 heterocycles. The molecule has 0 bridgehead atoms. The van der Waals surface area contributed by atoms with E-state index in [1.54, 1.807) is 31.4 Å². The van der Waals surface area contributed by atoms with Crippen molar-refractivity contribution in [3.63, 3.8) is 0 Å². The van der Waals surface area contributed by atoms with Gasteiger partial charge in [0.25, 0.3) is 5.19 Å². The summed E-state index contributed by atoms with van der Waals surface area (Å²) in [6, 6.07) is 12.3. The molecule has 7 nitrogen and oxygen atoms in total. The normalized spacial score (nSPS) is 16.1. The number of hydrogen-bond acceptors (Lipinski definition) is 7. The summed E-state index contributed by atoms with van der Waals surface area (Å²) in [5.41, 5.74) is 0.836. The Morgan fingerprint density at radius 1 is 1.03 bits per heavy atom. The van der Waals surface area contributed by atoms with Crippen LogP contribution < -0.4 is 14.2 Å². The van der Waals surface area contributed by atoms with Gasteiger partial charge in [0.1, 0.15) is 17.6 Å². The number of rotatable bonds is 6. The predicted molar refractivity (Wildman–Crippen MR) is 112 cm³/mol. The highest BCUT2D eigenvalue weighted by Crippen LogP contribution is 2.32. The van der Waals surface area contributed by atoms with E-state index in [0.29, 0.717) is 36.9 Å². The number of aromatic nitrogens is 1. The van der Waals surface area contributed by atoms with Gasteiger partial charge in [0.05, 0.1) is 29.3 Å². The van der Waals surface area contributed by atoms with E-state index < -0.39 is 10.0 Å². The molecule has 2 aromatic carbocycles. The molecule has 29 heavy (non-hydrogen) atoms. The molecule has 0 radical (unpaired) electrons. The monoisotopic (exact) mass is 434 g/mol. The fourth-order valence-electron chi connectivity index (χ4n) is 3.31. The van der Waals surface area contributed by atoms with Crippen LogP contribution in [0, 0.1) is 0 Å². The van der Waals surface area contributed by atoms with Crippen molar-refractivity contribution in [1.29, 1.82) is 0 Å². The summed E-state index contributed by atoms with van der Waals surface area (Å²) < 4.78 is 44.8. The third-order valence-corrected chi connectivity index (χ3v) is 7.74. The molecule has 1 aliphatic rings. The van der Waals surface area contributed by atoms with Crippen LogP contribution in [0.4, 0.5) is 0 Å². The number of ether oxygens (including phenoxy) is 3. The Morgan fingerprint density at radius 3 is 2.48 bits per heavy atom. The summed E-state index contributed by atoms with van der Waals surface area (Å²) in [7, 11) is -0.404. The summed E-state index contributed by atoms with van der Waals surface area (Å²) >= 11 is 1.48. The number of piperidine rings is 1. The number of fused-ring (bicyclic) bond motifs is 1. The molecule has 0 aliphatic carbocycles. The molecule has 154 valence electrons. The van der Waals surface area contributed by atoms with Crippen LogP contribution in [0.3, 0.4) is 0 Å². The summed E-state index contributed by atoms with van der Waals surface area (Å²) in [5.74, 6) is 1.28. The van der Waals surface area contributed by atoms with Crippen LogP contribution in [0.1, 0.15) is 12.8 Å². The number of thiazole rings is 1. The maximum absolute atomic E-state index is 12.9. The van der Waals surface area contributed by atoms with Crippen LogP contribution in [0.25, 0.3) is 10.2 Å². The highest BCUT2D eigenvalue weighted by atomic mass is 32.2. The lowest BCUT2D eigenvalue weighted by atomic mass is 10.1. The van der Waals surface area contributed by atoms with Gasteiger partial charge in [0, 0.05) is 25.2 Å². The van der Waals surface area contributed by atoms with Crippen LogP contribution in [0.5, 0.6) is 16.7 Å². The Balaban J connectivity index is 1.41. The summed E-state index contributed by atoms with van der Waals surface area (Å²) in [6.07, 6.45) is 1.17. The van der Waals surface area contributed by atoms with Crippen molar-refractivity contribution in [2.75, 3.05) is 27.3 Å². The summed E-state index contributed by atoms with van der Waals surface area (Å²) in [5, 5.41) is 0.599. The van der Waals surface area contributed by atoms with E-state index in [2.05, 4.69) is 4.98 Å². The van der Waals surface area contributed by atoms with Crippen molar-refractivity contribution < 1.29 is 22.6 Å². The fourth-order valence-corrected chi connectivity index (χ4v) is 5.67. The lowest BCUT2D eigenvalue weighted by molar-refractivity contribution is 0.135. The molecule has 3 aromatic rings. The first-order chi connectivity index (χ1) is 14.0. The van der Waals surface area contributed by atoms with Gasteiger partial charge in [-0.1, -0.05) is 17.4 Å². The summed E-state index contributed by atoms with van der Waals surface area (Å²) in [6.45, 7) is 0.811. The first-order valence-corrected chi connectivity index (χ1v) is 11.5. The van der Waals surface area contributed by atoms with Crippen molar-refractivity contribution in [2.45, 2.75) is 23.8 Å². The van der Waals surface area contributed by atoms with E-state index in [1.807, 2.05) is 18.2 Å². The van der Waals surface area contributed by atoms with Crippen LogP contribution in [-0.2, 0) is 10.0 Å². The minimum absolute atomic E-state index is 0.0609. The van der Waals surface area contributed by atoms with Crippen molar-refractivity contribution in [1.82, 2.24) is 9.29 Å². The average molecular weight is 435 g/mol. The van der Waals surface area contributed by atoms with Gasteiger partial charge in [-0.25, -0.2) is 13.4 Å². The van der Waals surface area contributed by atoms with Gasteiger partial charge in [0.2, 0.25) is 10.0 Å². The van der Waals surface area contributed by atoms with Crippen LogP contribution in [0.15, 0.2) is 47.4 Å². The van der Waals surface area contributed by atoms with Crippen LogP contribution >= 0.6 is 11.3 Å². The van der Waals surface area contributed by atoms with Crippen LogP contribution in [-0.4, -0.2) is 51.1 Å². The smallest absolute Gasteiger partial charge is 0.274 e. The van der Waals surface area contributed by atoms with E-state index in [4.69, 9.17) is 14.2 Å². The lowest BCUT2D eigenvalue weighted by Crippen LogP contribution is -2.41. The SMILES string of the molecule is COc1cccc(S(=O)(=O)N2CCC(Oc3nc4cc(OC)ccc4s3)CC2)c1. The zero-order valence-corrected chi connectivity index (χ0v) is 17.8. The number of methoxy groups -OCH3 is 2. The van der Waals surface area contributed by atoms with E-state index in [1.165, 1.54) is 22.8 Å². The molecule has 0 amide bonds.